The van der Waals surface area contributed by atoms with E-state index in [0.717, 1.165) is 10.6 Å². The Balaban J connectivity index is 1.42. The van der Waals surface area contributed by atoms with Crippen LogP contribution >= 0.6 is 0 Å². The highest BCUT2D eigenvalue weighted by molar-refractivity contribution is 6.23. The highest BCUT2D eigenvalue weighted by atomic mass is 16.2. The van der Waals surface area contributed by atoms with Gasteiger partial charge in [0.2, 0.25) is 5.91 Å². The molecule has 3 aromatic rings. The Bertz CT molecular complexity index is 1110. The van der Waals surface area contributed by atoms with E-state index in [1.54, 1.807) is 48.5 Å². The van der Waals surface area contributed by atoms with E-state index in [0.29, 0.717) is 22.5 Å². The minimum Gasteiger partial charge on any atom is -0.324 e. The summed E-state index contributed by atoms with van der Waals surface area (Å²) in [5.74, 6) is -1.38. The monoisotopic (exact) mass is 398 g/mol. The third-order valence-corrected chi connectivity index (χ3v) is 4.76. The first-order valence-electron chi connectivity index (χ1n) is 9.39. The Morgan fingerprint density at radius 1 is 0.767 bits per heavy atom. The molecule has 1 N–H and O–H groups in total. The van der Waals surface area contributed by atoms with E-state index in [4.69, 9.17) is 0 Å². The average Bonchev–Trinajstić information content (AvgIpc) is 3.04. The zero-order valence-corrected chi connectivity index (χ0v) is 16.1. The quantitative estimate of drug-likeness (QED) is 0.498. The van der Waals surface area contributed by atoms with Crippen molar-refractivity contribution < 1.29 is 14.4 Å². The third-order valence-electron chi connectivity index (χ3n) is 4.76. The topological polar surface area (TPSA) is 91.2 Å². The Kier molecular flexibility index (Phi) is 5.17. The summed E-state index contributed by atoms with van der Waals surface area (Å²) < 4.78 is 0. The van der Waals surface area contributed by atoms with Crippen molar-refractivity contribution in [2.45, 2.75) is 13.0 Å². The second-order valence-corrected chi connectivity index (χ2v) is 6.77. The van der Waals surface area contributed by atoms with Crippen LogP contribution in [0.15, 0.2) is 89.1 Å². The molecule has 0 fully saturated rings. The van der Waals surface area contributed by atoms with Crippen molar-refractivity contribution >= 4 is 34.8 Å². The second kappa shape index (κ2) is 8.08. The van der Waals surface area contributed by atoms with Crippen molar-refractivity contribution in [2.75, 3.05) is 5.32 Å². The summed E-state index contributed by atoms with van der Waals surface area (Å²) in [7, 11) is 0. The fourth-order valence-corrected chi connectivity index (χ4v) is 3.15. The molecule has 3 amide bonds. The molecule has 30 heavy (non-hydrogen) atoms. The van der Waals surface area contributed by atoms with Gasteiger partial charge in [0.15, 0.2) is 0 Å². The molecule has 0 aromatic heterocycles. The van der Waals surface area contributed by atoms with Gasteiger partial charge in [-0.2, -0.15) is 10.2 Å². The minimum absolute atomic E-state index is 0.315. The van der Waals surface area contributed by atoms with E-state index < -0.39 is 23.8 Å². The van der Waals surface area contributed by atoms with Crippen molar-refractivity contribution in [3.8, 4) is 0 Å². The zero-order chi connectivity index (χ0) is 21.1. The number of benzene rings is 3. The van der Waals surface area contributed by atoms with E-state index in [1.165, 1.54) is 6.92 Å². The van der Waals surface area contributed by atoms with Crippen LogP contribution in [0.4, 0.5) is 17.1 Å². The van der Waals surface area contributed by atoms with Crippen LogP contribution in [0.2, 0.25) is 0 Å². The number of fused-ring (bicyclic) bond motifs is 1. The Labute approximate surface area is 173 Å². The number of hydrogen-bond donors (Lipinski definition) is 1. The SMILES string of the molecule is CC(C(=O)Nc1ccc(N=Nc2ccccc2)cc1)N1C(=O)c2ccccc2C1=O. The summed E-state index contributed by atoms with van der Waals surface area (Å²) in [4.78, 5) is 38.7. The van der Waals surface area contributed by atoms with E-state index in [2.05, 4.69) is 15.5 Å². The molecule has 1 unspecified atom stereocenters. The number of carbonyl (C=O) groups is 3. The van der Waals surface area contributed by atoms with Gasteiger partial charge < -0.3 is 5.32 Å². The summed E-state index contributed by atoms with van der Waals surface area (Å²) >= 11 is 0. The smallest absolute Gasteiger partial charge is 0.262 e. The van der Waals surface area contributed by atoms with Gasteiger partial charge in [-0.05, 0) is 55.5 Å². The number of carbonyl (C=O) groups excluding carboxylic acids is 3. The highest BCUT2D eigenvalue weighted by Crippen LogP contribution is 2.25. The largest absolute Gasteiger partial charge is 0.324 e. The number of hydrogen-bond acceptors (Lipinski definition) is 5. The first kappa shape index (κ1) is 19.2. The fraction of sp³-hybridized carbons (Fsp3) is 0.0870. The molecule has 1 atom stereocenters. The fourth-order valence-electron chi connectivity index (χ4n) is 3.15. The van der Waals surface area contributed by atoms with Gasteiger partial charge in [0.25, 0.3) is 11.8 Å². The van der Waals surface area contributed by atoms with E-state index in [-0.39, 0.29) is 0 Å². The van der Waals surface area contributed by atoms with E-state index in [1.807, 2.05) is 30.3 Å². The number of azo groups is 1. The van der Waals surface area contributed by atoms with Gasteiger partial charge in [-0.1, -0.05) is 30.3 Å². The highest BCUT2D eigenvalue weighted by Gasteiger charge is 2.40. The molecule has 0 saturated carbocycles. The lowest BCUT2D eigenvalue weighted by molar-refractivity contribution is -0.119. The number of amides is 3. The molecule has 7 heteroatoms. The van der Waals surface area contributed by atoms with Crippen LogP contribution in [0, 0.1) is 0 Å². The molecule has 4 rings (SSSR count). The summed E-state index contributed by atoms with van der Waals surface area (Å²) in [6, 6.07) is 21.8. The van der Waals surface area contributed by atoms with Crippen molar-refractivity contribution in [2.24, 2.45) is 10.2 Å². The molecule has 1 heterocycles. The van der Waals surface area contributed by atoms with Crippen LogP contribution in [0.1, 0.15) is 27.6 Å². The second-order valence-electron chi connectivity index (χ2n) is 6.77. The van der Waals surface area contributed by atoms with Gasteiger partial charge in [-0.25, -0.2) is 0 Å². The summed E-state index contributed by atoms with van der Waals surface area (Å²) in [6.45, 7) is 1.53. The summed E-state index contributed by atoms with van der Waals surface area (Å²) in [6.07, 6.45) is 0. The lowest BCUT2D eigenvalue weighted by Gasteiger charge is -2.21. The molecule has 1 aliphatic rings. The normalized spacial score (nSPS) is 14.1. The predicted molar refractivity (Wildman–Crippen MR) is 112 cm³/mol. The van der Waals surface area contributed by atoms with Crippen LogP contribution in [0.5, 0.6) is 0 Å². The number of nitrogens with one attached hydrogen (secondary N) is 1. The summed E-state index contributed by atoms with van der Waals surface area (Å²) in [5, 5.41) is 11.0. The number of nitrogens with zero attached hydrogens (tertiary/aromatic N) is 3. The lowest BCUT2D eigenvalue weighted by atomic mass is 10.1. The minimum atomic E-state index is -0.949. The maximum Gasteiger partial charge on any atom is 0.262 e. The average molecular weight is 398 g/mol. The van der Waals surface area contributed by atoms with Crippen molar-refractivity contribution in [1.29, 1.82) is 0 Å². The molecule has 0 radical (unpaired) electrons. The Morgan fingerprint density at radius 3 is 1.83 bits per heavy atom. The van der Waals surface area contributed by atoms with Gasteiger partial charge in [0, 0.05) is 5.69 Å². The van der Waals surface area contributed by atoms with Crippen LogP contribution < -0.4 is 5.32 Å². The molecule has 148 valence electrons. The molecule has 0 bridgehead atoms. The first-order valence-corrected chi connectivity index (χ1v) is 9.39. The standard InChI is InChI=1S/C23H18N4O3/c1-15(27-22(29)19-9-5-6-10-20(19)23(27)30)21(28)24-16-11-13-18(14-12-16)26-25-17-7-3-2-4-8-17/h2-15H,1H3,(H,24,28). The Hall–Kier alpha value is -4.13. The van der Waals surface area contributed by atoms with Crippen LogP contribution in [-0.4, -0.2) is 28.7 Å². The Morgan fingerprint density at radius 2 is 1.27 bits per heavy atom. The van der Waals surface area contributed by atoms with Crippen LogP contribution in [0.3, 0.4) is 0 Å². The first-order chi connectivity index (χ1) is 14.5. The van der Waals surface area contributed by atoms with Crippen molar-refractivity contribution in [1.82, 2.24) is 4.90 Å². The summed E-state index contributed by atoms with van der Waals surface area (Å²) in [5.41, 5.74) is 2.53. The molecule has 7 nitrogen and oxygen atoms in total. The van der Waals surface area contributed by atoms with Crippen LogP contribution in [0.25, 0.3) is 0 Å². The molecule has 1 aliphatic heterocycles. The lowest BCUT2D eigenvalue weighted by Crippen LogP contribution is -2.45. The maximum atomic E-state index is 12.6. The van der Waals surface area contributed by atoms with Gasteiger partial charge in [-0.15, -0.1) is 0 Å². The molecule has 3 aromatic carbocycles. The van der Waals surface area contributed by atoms with Gasteiger partial charge in [0.1, 0.15) is 6.04 Å². The molecular weight excluding hydrogens is 380 g/mol. The number of imide groups is 1. The molecule has 0 aliphatic carbocycles. The zero-order valence-electron chi connectivity index (χ0n) is 16.1. The van der Waals surface area contributed by atoms with Crippen LogP contribution in [-0.2, 0) is 4.79 Å². The molecule has 0 spiro atoms. The molecular formula is C23H18N4O3. The van der Waals surface area contributed by atoms with Gasteiger partial charge in [-0.3, -0.25) is 19.3 Å². The molecule has 0 saturated heterocycles. The van der Waals surface area contributed by atoms with E-state index in [9.17, 15) is 14.4 Å². The van der Waals surface area contributed by atoms with Gasteiger partial charge >= 0.3 is 0 Å². The third kappa shape index (κ3) is 3.73. The predicted octanol–water partition coefficient (Wildman–Crippen LogP) is 4.73. The van der Waals surface area contributed by atoms with E-state index >= 15 is 0 Å². The van der Waals surface area contributed by atoms with Crippen molar-refractivity contribution in [3.63, 3.8) is 0 Å². The van der Waals surface area contributed by atoms with Crippen molar-refractivity contribution in [3.05, 3.63) is 90.0 Å². The number of rotatable bonds is 5. The maximum absolute atomic E-state index is 12.6. The number of anilines is 1. The van der Waals surface area contributed by atoms with Gasteiger partial charge in [0.05, 0.1) is 22.5 Å².